The predicted octanol–water partition coefficient (Wildman–Crippen LogP) is 3.10. The fraction of sp³-hybridized carbons (Fsp3) is 0.571. The molecule has 0 spiro atoms. The molecule has 5 nitrogen and oxygen atoms in total. The molecule has 116 valence electrons. The number of non-ortho nitro benzene ring substituents is 1. The number of benzene rings is 1. The van der Waals surface area contributed by atoms with E-state index in [1.807, 2.05) is 11.8 Å². The van der Waals surface area contributed by atoms with Gasteiger partial charge in [0.25, 0.3) is 12.1 Å². The minimum atomic E-state index is -2.73. The zero-order valence-electron chi connectivity index (χ0n) is 11.8. The zero-order chi connectivity index (χ0) is 15.6. The number of hydrogen-bond donors (Lipinski definition) is 1. The van der Waals surface area contributed by atoms with Gasteiger partial charge in [-0.2, -0.15) is 0 Å². The van der Waals surface area contributed by atoms with Crippen LogP contribution in [0.25, 0.3) is 0 Å². The minimum absolute atomic E-state index is 0.0959. The molecule has 21 heavy (non-hydrogen) atoms. The van der Waals surface area contributed by atoms with Crippen molar-refractivity contribution in [2.24, 2.45) is 11.7 Å². The van der Waals surface area contributed by atoms with E-state index in [0.717, 1.165) is 18.9 Å². The van der Waals surface area contributed by atoms with Crippen LogP contribution in [0.4, 0.5) is 20.2 Å². The normalized spacial score (nSPS) is 18.0. The summed E-state index contributed by atoms with van der Waals surface area (Å²) in [5.41, 5.74) is 5.68. The molecule has 0 saturated carbocycles. The van der Waals surface area contributed by atoms with Crippen LogP contribution in [-0.4, -0.2) is 24.1 Å². The first-order valence-electron chi connectivity index (χ1n) is 6.97. The maximum absolute atomic E-state index is 13.2. The summed E-state index contributed by atoms with van der Waals surface area (Å²) in [6, 6.07) is 3.76. The van der Waals surface area contributed by atoms with Crippen LogP contribution in [0.2, 0.25) is 0 Å². The highest BCUT2D eigenvalue weighted by Gasteiger charge is 2.26. The highest BCUT2D eigenvalue weighted by molar-refractivity contribution is 5.58. The summed E-state index contributed by atoms with van der Waals surface area (Å²) < 4.78 is 26.3. The lowest BCUT2D eigenvalue weighted by Crippen LogP contribution is -2.40. The molecule has 1 aliphatic rings. The summed E-state index contributed by atoms with van der Waals surface area (Å²) >= 11 is 0. The molecule has 1 fully saturated rings. The lowest BCUT2D eigenvalue weighted by molar-refractivity contribution is -0.385. The van der Waals surface area contributed by atoms with E-state index in [4.69, 9.17) is 5.73 Å². The standard InChI is InChI=1S/C14H19F2N3O2/c1-9(17)10-4-6-18(7-5-10)13-3-2-11(19(20)21)8-12(13)14(15)16/h2-3,8-10,14H,4-7,17H2,1H3. The van der Waals surface area contributed by atoms with Crippen molar-refractivity contribution in [3.63, 3.8) is 0 Å². The van der Waals surface area contributed by atoms with Crippen LogP contribution in [0.5, 0.6) is 0 Å². The third-order valence-electron chi connectivity index (χ3n) is 4.08. The smallest absolute Gasteiger partial charge is 0.270 e. The predicted molar refractivity (Wildman–Crippen MR) is 76.6 cm³/mol. The van der Waals surface area contributed by atoms with E-state index >= 15 is 0 Å². The highest BCUT2D eigenvalue weighted by atomic mass is 19.3. The summed E-state index contributed by atoms with van der Waals surface area (Å²) in [6.07, 6.45) is -1.04. The molecule has 1 aromatic carbocycles. The molecule has 1 saturated heterocycles. The van der Waals surface area contributed by atoms with Gasteiger partial charge in [-0.05, 0) is 31.7 Å². The van der Waals surface area contributed by atoms with Crippen LogP contribution >= 0.6 is 0 Å². The Morgan fingerprint density at radius 1 is 1.38 bits per heavy atom. The van der Waals surface area contributed by atoms with Gasteiger partial charge in [0.1, 0.15) is 0 Å². The van der Waals surface area contributed by atoms with Gasteiger partial charge in [-0.15, -0.1) is 0 Å². The Kier molecular flexibility index (Phi) is 4.72. The molecular formula is C14H19F2N3O2. The minimum Gasteiger partial charge on any atom is -0.371 e. The quantitative estimate of drug-likeness (QED) is 0.685. The molecule has 0 radical (unpaired) electrons. The van der Waals surface area contributed by atoms with E-state index < -0.39 is 11.3 Å². The Hall–Kier alpha value is -1.76. The van der Waals surface area contributed by atoms with Crippen molar-refractivity contribution in [1.82, 2.24) is 0 Å². The number of nitrogens with two attached hydrogens (primary N) is 1. The summed E-state index contributed by atoms with van der Waals surface area (Å²) in [7, 11) is 0. The number of halogens is 2. The number of piperidine rings is 1. The SMILES string of the molecule is CC(N)C1CCN(c2ccc([N+](=O)[O-])cc2C(F)F)CC1. The number of nitrogens with zero attached hydrogens (tertiary/aromatic N) is 2. The van der Waals surface area contributed by atoms with Crippen LogP contribution in [0, 0.1) is 16.0 Å². The third-order valence-corrected chi connectivity index (χ3v) is 4.08. The van der Waals surface area contributed by atoms with Gasteiger partial charge in [0, 0.05) is 42.5 Å². The van der Waals surface area contributed by atoms with Gasteiger partial charge in [-0.25, -0.2) is 8.78 Å². The van der Waals surface area contributed by atoms with E-state index in [9.17, 15) is 18.9 Å². The second-order valence-electron chi connectivity index (χ2n) is 5.48. The highest BCUT2D eigenvalue weighted by Crippen LogP contribution is 2.35. The van der Waals surface area contributed by atoms with Gasteiger partial charge in [-0.3, -0.25) is 10.1 Å². The van der Waals surface area contributed by atoms with Gasteiger partial charge in [-0.1, -0.05) is 0 Å². The third kappa shape index (κ3) is 3.47. The van der Waals surface area contributed by atoms with Crippen molar-refractivity contribution in [2.45, 2.75) is 32.2 Å². The van der Waals surface area contributed by atoms with Crippen LogP contribution in [0.15, 0.2) is 18.2 Å². The fourth-order valence-corrected chi connectivity index (χ4v) is 2.78. The van der Waals surface area contributed by atoms with Gasteiger partial charge >= 0.3 is 0 Å². The average molecular weight is 299 g/mol. The lowest BCUT2D eigenvalue weighted by Gasteiger charge is -2.36. The number of nitro benzene ring substituents is 1. The monoisotopic (exact) mass is 299 g/mol. The first-order chi connectivity index (χ1) is 9.90. The van der Waals surface area contributed by atoms with Gasteiger partial charge in [0.2, 0.25) is 0 Å². The topological polar surface area (TPSA) is 72.4 Å². The molecule has 1 aliphatic heterocycles. The molecular weight excluding hydrogens is 280 g/mol. The number of anilines is 1. The number of rotatable bonds is 4. The van der Waals surface area contributed by atoms with Crippen LogP contribution < -0.4 is 10.6 Å². The average Bonchev–Trinajstić information content (AvgIpc) is 2.46. The largest absolute Gasteiger partial charge is 0.371 e. The Bertz CT molecular complexity index is 515. The fourth-order valence-electron chi connectivity index (χ4n) is 2.78. The maximum atomic E-state index is 13.2. The molecule has 2 rings (SSSR count). The Morgan fingerprint density at radius 3 is 2.48 bits per heavy atom. The van der Waals surface area contributed by atoms with Crippen LogP contribution in [0.1, 0.15) is 31.8 Å². The Labute approximate surface area is 121 Å². The molecule has 7 heteroatoms. The van der Waals surface area contributed by atoms with Crippen LogP contribution in [0.3, 0.4) is 0 Å². The van der Waals surface area contributed by atoms with Crippen molar-refractivity contribution in [3.8, 4) is 0 Å². The molecule has 1 unspecified atom stereocenters. The van der Waals surface area contributed by atoms with E-state index in [1.54, 1.807) is 0 Å². The summed E-state index contributed by atoms with van der Waals surface area (Å²) in [4.78, 5) is 11.9. The summed E-state index contributed by atoms with van der Waals surface area (Å²) in [5.74, 6) is 0.397. The Morgan fingerprint density at radius 2 is 2.00 bits per heavy atom. The van der Waals surface area contributed by atoms with Gasteiger partial charge in [0.05, 0.1) is 4.92 Å². The second kappa shape index (κ2) is 6.34. The molecule has 0 bridgehead atoms. The first-order valence-corrected chi connectivity index (χ1v) is 6.97. The van der Waals surface area contributed by atoms with E-state index in [2.05, 4.69) is 0 Å². The van der Waals surface area contributed by atoms with Crippen molar-refractivity contribution in [1.29, 1.82) is 0 Å². The number of nitro groups is 1. The molecule has 2 N–H and O–H groups in total. The van der Waals surface area contributed by atoms with Crippen molar-refractivity contribution in [2.75, 3.05) is 18.0 Å². The summed E-state index contributed by atoms with van der Waals surface area (Å²) in [6.45, 7) is 3.24. The second-order valence-corrected chi connectivity index (χ2v) is 5.48. The zero-order valence-corrected chi connectivity index (χ0v) is 11.8. The molecule has 0 amide bonds. The van der Waals surface area contributed by atoms with Crippen molar-refractivity contribution < 1.29 is 13.7 Å². The lowest BCUT2D eigenvalue weighted by atomic mass is 9.90. The Balaban J connectivity index is 2.22. The van der Waals surface area contributed by atoms with Gasteiger partial charge in [0.15, 0.2) is 0 Å². The van der Waals surface area contributed by atoms with Crippen molar-refractivity contribution >= 4 is 11.4 Å². The van der Waals surface area contributed by atoms with E-state index in [0.29, 0.717) is 24.7 Å². The van der Waals surface area contributed by atoms with Gasteiger partial charge < -0.3 is 10.6 Å². The molecule has 0 aliphatic carbocycles. The molecule has 0 aromatic heterocycles. The van der Waals surface area contributed by atoms with E-state index in [-0.39, 0.29) is 17.3 Å². The molecule has 1 atom stereocenters. The maximum Gasteiger partial charge on any atom is 0.270 e. The summed E-state index contributed by atoms with van der Waals surface area (Å²) in [5, 5.41) is 10.7. The van der Waals surface area contributed by atoms with E-state index in [1.165, 1.54) is 12.1 Å². The molecule has 1 heterocycles. The van der Waals surface area contributed by atoms with Crippen LogP contribution in [-0.2, 0) is 0 Å². The number of hydrogen-bond acceptors (Lipinski definition) is 4. The first kappa shape index (κ1) is 15.6. The number of alkyl halides is 2. The molecule has 1 aromatic rings. The van der Waals surface area contributed by atoms with Crippen molar-refractivity contribution in [3.05, 3.63) is 33.9 Å².